The third-order valence-corrected chi connectivity index (χ3v) is 4.26. The fourth-order valence-electron chi connectivity index (χ4n) is 3.01. The molecule has 5 heteroatoms. The van der Waals surface area contributed by atoms with Crippen molar-refractivity contribution in [1.29, 1.82) is 0 Å². The Morgan fingerprint density at radius 2 is 2.05 bits per heavy atom. The normalized spacial score (nSPS) is 22.5. The molecule has 20 heavy (non-hydrogen) atoms. The monoisotopic (exact) mass is 278 g/mol. The molecule has 0 aliphatic heterocycles. The van der Waals surface area contributed by atoms with Crippen molar-refractivity contribution in [3.8, 4) is 0 Å². The molecular weight excluding hydrogens is 256 g/mol. The molecule has 0 aromatic heterocycles. The summed E-state index contributed by atoms with van der Waals surface area (Å²) in [6, 6.07) is 5.11. The maximum absolute atomic E-state index is 10.8. The van der Waals surface area contributed by atoms with Crippen LogP contribution >= 0.6 is 0 Å². The van der Waals surface area contributed by atoms with Crippen LogP contribution < -0.4 is 5.32 Å². The molecule has 1 aromatic rings. The molecule has 0 heterocycles. The zero-order valence-corrected chi connectivity index (χ0v) is 11.8. The molecule has 0 amide bonds. The molecule has 0 bridgehead atoms. The third-order valence-electron chi connectivity index (χ3n) is 4.26. The number of aliphatic hydroxyl groups is 1. The molecule has 1 aromatic carbocycles. The molecule has 0 spiro atoms. The van der Waals surface area contributed by atoms with E-state index in [4.69, 9.17) is 0 Å². The maximum atomic E-state index is 10.8. The third kappa shape index (κ3) is 3.48. The molecule has 0 radical (unpaired) electrons. The van der Waals surface area contributed by atoms with Crippen LogP contribution in [0.3, 0.4) is 0 Å². The highest BCUT2D eigenvalue weighted by molar-refractivity contribution is 5.53. The van der Waals surface area contributed by atoms with Crippen molar-refractivity contribution in [2.45, 2.75) is 32.6 Å². The number of aliphatic hydroxyl groups excluding tert-OH is 1. The number of nitro groups is 1. The highest BCUT2D eigenvalue weighted by Gasteiger charge is 2.24. The molecule has 110 valence electrons. The van der Waals surface area contributed by atoms with Crippen LogP contribution in [-0.2, 0) is 0 Å². The SMILES string of the molecule is Cc1cc(NCC2CCCCC2CO)ccc1[N+](=O)[O-]. The zero-order valence-electron chi connectivity index (χ0n) is 11.8. The van der Waals surface area contributed by atoms with Crippen LogP contribution in [-0.4, -0.2) is 23.2 Å². The number of nitrogens with one attached hydrogen (secondary N) is 1. The van der Waals surface area contributed by atoms with Gasteiger partial charge in [-0.3, -0.25) is 10.1 Å². The van der Waals surface area contributed by atoms with Crippen LogP contribution in [0.25, 0.3) is 0 Å². The lowest BCUT2D eigenvalue weighted by Crippen LogP contribution is -2.28. The Hall–Kier alpha value is -1.62. The van der Waals surface area contributed by atoms with Crippen molar-refractivity contribution < 1.29 is 10.0 Å². The lowest BCUT2D eigenvalue weighted by molar-refractivity contribution is -0.385. The van der Waals surface area contributed by atoms with E-state index in [1.54, 1.807) is 19.1 Å². The van der Waals surface area contributed by atoms with Gasteiger partial charge in [0, 0.05) is 30.5 Å². The van der Waals surface area contributed by atoms with Crippen molar-refractivity contribution >= 4 is 11.4 Å². The van der Waals surface area contributed by atoms with Crippen molar-refractivity contribution in [3.05, 3.63) is 33.9 Å². The van der Waals surface area contributed by atoms with Gasteiger partial charge in [-0.1, -0.05) is 12.8 Å². The van der Waals surface area contributed by atoms with E-state index in [-0.39, 0.29) is 17.2 Å². The number of hydrogen-bond acceptors (Lipinski definition) is 4. The molecule has 2 atom stereocenters. The lowest BCUT2D eigenvalue weighted by atomic mass is 9.79. The van der Waals surface area contributed by atoms with E-state index < -0.39 is 0 Å². The van der Waals surface area contributed by atoms with Crippen LogP contribution in [0.15, 0.2) is 18.2 Å². The number of nitro benzene ring substituents is 1. The van der Waals surface area contributed by atoms with Crippen LogP contribution in [0.1, 0.15) is 31.2 Å². The predicted octanol–water partition coefficient (Wildman–Crippen LogP) is 3.11. The van der Waals surface area contributed by atoms with Gasteiger partial charge in [-0.2, -0.15) is 0 Å². The van der Waals surface area contributed by atoms with Gasteiger partial charge in [-0.25, -0.2) is 0 Å². The molecular formula is C15H22N2O3. The smallest absolute Gasteiger partial charge is 0.272 e. The Kier molecular flexibility index (Phi) is 4.95. The number of hydrogen-bond donors (Lipinski definition) is 2. The minimum Gasteiger partial charge on any atom is -0.396 e. The molecule has 1 aliphatic carbocycles. The summed E-state index contributed by atoms with van der Waals surface area (Å²) in [5.41, 5.74) is 1.74. The van der Waals surface area contributed by atoms with Gasteiger partial charge < -0.3 is 10.4 Å². The first-order valence-corrected chi connectivity index (χ1v) is 7.21. The van der Waals surface area contributed by atoms with Gasteiger partial charge in [0.15, 0.2) is 0 Å². The first-order valence-electron chi connectivity index (χ1n) is 7.21. The molecule has 1 saturated carbocycles. The summed E-state index contributed by atoms with van der Waals surface area (Å²) in [7, 11) is 0. The highest BCUT2D eigenvalue weighted by Crippen LogP contribution is 2.30. The Bertz CT molecular complexity index is 476. The van der Waals surface area contributed by atoms with Crippen LogP contribution in [0, 0.1) is 28.9 Å². The van der Waals surface area contributed by atoms with Gasteiger partial charge in [-0.05, 0) is 43.7 Å². The molecule has 1 aliphatic rings. The lowest BCUT2D eigenvalue weighted by Gasteiger charge is -2.30. The maximum Gasteiger partial charge on any atom is 0.272 e. The number of aryl methyl sites for hydroxylation is 1. The molecule has 1 fully saturated rings. The number of benzene rings is 1. The number of anilines is 1. The van der Waals surface area contributed by atoms with E-state index >= 15 is 0 Å². The first kappa shape index (κ1) is 14.8. The molecule has 2 unspecified atom stereocenters. The van der Waals surface area contributed by atoms with Crippen LogP contribution in [0.4, 0.5) is 11.4 Å². The van der Waals surface area contributed by atoms with E-state index in [0.29, 0.717) is 17.4 Å². The quantitative estimate of drug-likeness (QED) is 0.641. The second-order valence-corrected chi connectivity index (χ2v) is 5.63. The van der Waals surface area contributed by atoms with E-state index in [1.165, 1.54) is 12.8 Å². The molecule has 0 saturated heterocycles. The summed E-state index contributed by atoms with van der Waals surface area (Å²) in [5, 5.41) is 23.5. The molecule has 2 N–H and O–H groups in total. The standard InChI is InChI=1S/C15H22N2O3/c1-11-8-14(6-7-15(11)17(19)20)16-9-12-4-2-3-5-13(12)10-18/h6-8,12-13,16,18H,2-5,9-10H2,1H3. The Morgan fingerprint density at radius 1 is 1.35 bits per heavy atom. The average molecular weight is 278 g/mol. The van der Waals surface area contributed by atoms with E-state index in [2.05, 4.69) is 5.32 Å². The Labute approximate surface area is 119 Å². The molecule has 2 rings (SSSR count). The van der Waals surface area contributed by atoms with Gasteiger partial charge in [0.05, 0.1) is 4.92 Å². The van der Waals surface area contributed by atoms with Crippen LogP contribution in [0.5, 0.6) is 0 Å². The summed E-state index contributed by atoms with van der Waals surface area (Å²) in [6.45, 7) is 2.83. The van der Waals surface area contributed by atoms with Gasteiger partial charge in [0.2, 0.25) is 0 Å². The van der Waals surface area contributed by atoms with Crippen LogP contribution in [0.2, 0.25) is 0 Å². The minimum absolute atomic E-state index is 0.154. The van der Waals surface area contributed by atoms with Crippen molar-refractivity contribution in [2.24, 2.45) is 11.8 Å². The Balaban J connectivity index is 1.96. The van der Waals surface area contributed by atoms with E-state index in [0.717, 1.165) is 25.1 Å². The predicted molar refractivity (Wildman–Crippen MR) is 78.9 cm³/mol. The van der Waals surface area contributed by atoms with Gasteiger partial charge in [0.1, 0.15) is 0 Å². The summed E-state index contributed by atoms with van der Waals surface area (Å²) in [4.78, 5) is 10.4. The van der Waals surface area contributed by atoms with Gasteiger partial charge >= 0.3 is 0 Å². The van der Waals surface area contributed by atoms with Gasteiger partial charge in [-0.15, -0.1) is 0 Å². The zero-order chi connectivity index (χ0) is 14.5. The Morgan fingerprint density at radius 3 is 2.65 bits per heavy atom. The molecule has 5 nitrogen and oxygen atoms in total. The van der Waals surface area contributed by atoms with Crippen molar-refractivity contribution in [2.75, 3.05) is 18.5 Å². The van der Waals surface area contributed by atoms with E-state index in [9.17, 15) is 15.2 Å². The minimum atomic E-state index is -0.359. The van der Waals surface area contributed by atoms with Gasteiger partial charge in [0.25, 0.3) is 5.69 Å². The second-order valence-electron chi connectivity index (χ2n) is 5.63. The first-order chi connectivity index (χ1) is 9.61. The summed E-state index contributed by atoms with van der Waals surface area (Å²) in [6.07, 6.45) is 4.67. The largest absolute Gasteiger partial charge is 0.396 e. The summed E-state index contributed by atoms with van der Waals surface area (Å²) in [5.74, 6) is 0.875. The second kappa shape index (κ2) is 6.70. The summed E-state index contributed by atoms with van der Waals surface area (Å²) < 4.78 is 0. The van der Waals surface area contributed by atoms with Crippen molar-refractivity contribution in [3.63, 3.8) is 0 Å². The number of nitrogens with zero attached hydrogens (tertiary/aromatic N) is 1. The average Bonchev–Trinajstić information content (AvgIpc) is 2.45. The summed E-state index contributed by atoms with van der Waals surface area (Å²) >= 11 is 0. The highest BCUT2D eigenvalue weighted by atomic mass is 16.6. The topological polar surface area (TPSA) is 75.4 Å². The fraction of sp³-hybridized carbons (Fsp3) is 0.600. The van der Waals surface area contributed by atoms with Crippen molar-refractivity contribution in [1.82, 2.24) is 0 Å². The fourth-order valence-corrected chi connectivity index (χ4v) is 3.01. The van der Waals surface area contributed by atoms with E-state index in [1.807, 2.05) is 6.07 Å². The number of rotatable bonds is 5.